The molecule has 0 amide bonds. The lowest BCUT2D eigenvalue weighted by Gasteiger charge is -2.14. The Morgan fingerprint density at radius 3 is 2.20 bits per heavy atom. The van der Waals surface area contributed by atoms with Crippen LogP contribution in [-0.4, -0.2) is 9.67 Å². The molecule has 0 atom stereocenters. The van der Waals surface area contributed by atoms with E-state index in [0.717, 1.165) is 59.1 Å². The van der Waals surface area contributed by atoms with Crippen LogP contribution in [0.5, 0.6) is 5.75 Å². The van der Waals surface area contributed by atoms with Crippen molar-refractivity contribution in [1.29, 1.82) is 0 Å². The molecule has 1 N–H and O–H groups in total. The number of benzene rings is 5. The van der Waals surface area contributed by atoms with Gasteiger partial charge in [-0.1, -0.05) is 77.8 Å². The number of aromatic nitrogens is 1. The van der Waals surface area contributed by atoms with Crippen molar-refractivity contribution in [3.8, 4) is 22.6 Å². The first-order chi connectivity index (χ1) is 17.1. The highest BCUT2D eigenvalue weighted by Gasteiger charge is 2.22. The Labute approximate surface area is 215 Å². The molecule has 5 heteroatoms. The molecule has 0 saturated carbocycles. The fourth-order valence-electron chi connectivity index (χ4n) is 5.18. The zero-order valence-electron chi connectivity index (χ0n) is 18.3. The van der Waals surface area contributed by atoms with Gasteiger partial charge >= 0.3 is 0 Å². The summed E-state index contributed by atoms with van der Waals surface area (Å²) >= 11 is 15.2. The number of para-hydroxylation sites is 2. The molecular formula is C30H17Cl2NOS. The van der Waals surface area contributed by atoms with E-state index >= 15 is 0 Å². The van der Waals surface area contributed by atoms with Crippen molar-refractivity contribution in [1.82, 2.24) is 4.57 Å². The number of thiophene rings is 1. The molecule has 0 radical (unpaired) electrons. The molecule has 5 aromatic carbocycles. The average Bonchev–Trinajstić information content (AvgIpc) is 3.43. The monoisotopic (exact) mass is 509 g/mol. The molecule has 0 bridgehead atoms. The maximum Gasteiger partial charge on any atom is 0.125 e. The smallest absolute Gasteiger partial charge is 0.125 e. The zero-order valence-corrected chi connectivity index (χ0v) is 20.6. The van der Waals surface area contributed by atoms with Crippen molar-refractivity contribution < 1.29 is 5.11 Å². The number of phenols is 1. The Balaban J connectivity index is 1.70. The van der Waals surface area contributed by atoms with Crippen LogP contribution in [0.3, 0.4) is 0 Å². The number of aromatic hydroxyl groups is 1. The minimum absolute atomic E-state index is 0.243. The first kappa shape index (κ1) is 20.8. The van der Waals surface area contributed by atoms with Gasteiger partial charge in [0.15, 0.2) is 0 Å². The van der Waals surface area contributed by atoms with Gasteiger partial charge in [0.05, 0.1) is 27.1 Å². The molecule has 2 nitrogen and oxygen atoms in total. The van der Waals surface area contributed by atoms with Gasteiger partial charge in [0.2, 0.25) is 0 Å². The van der Waals surface area contributed by atoms with Gasteiger partial charge in [-0.3, -0.25) is 0 Å². The molecule has 0 saturated heterocycles. The number of nitrogens with zero attached hydrogens (tertiary/aromatic N) is 1. The van der Waals surface area contributed by atoms with Crippen LogP contribution in [0.1, 0.15) is 0 Å². The van der Waals surface area contributed by atoms with E-state index in [4.69, 9.17) is 23.2 Å². The number of phenolic OH excluding ortho intramolecular Hbond substituents is 1. The molecule has 35 heavy (non-hydrogen) atoms. The maximum atomic E-state index is 11.1. The first-order valence-corrected chi connectivity index (χ1v) is 12.8. The molecule has 7 rings (SSSR count). The minimum atomic E-state index is 0.243. The maximum absolute atomic E-state index is 11.1. The lowest BCUT2D eigenvalue weighted by molar-refractivity contribution is 0.482. The second-order valence-corrected chi connectivity index (χ2v) is 10.4. The number of halogens is 2. The number of fused-ring (bicyclic) bond motifs is 6. The predicted molar refractivity (Wildman–Crippen MR) is 151 cm³/mol. The normalized spacial score (nSPS) is 11.8. The number of rotatable bonds is 2. The fourth-order valence-corrected chi connectivity index (χ4v) is 6.97. The van der Waals surface area contributed by atoms with E-state index in [9.17, 15) is 5.11 Å². The summed E-state index contributed by atoms with van der Waals surface area (Å²) in [5.74, 6) is 0.243. The van der Waals surface area contributed by atoms with E-state index in [2.05, 4.69) is 34.9 Å². The Morgan fingerprint density at radius 2 is 1.34 bits per heavy atom. The minimum Gasteiger partial charge on any atom is -0.507 e. The van der Waals surface area contributed by atoms with Crippen molar-refractivity contribution in [2.45, 2.75) is 0 Å². The summed E-state index contributed by atoms with van der Waals surface area (Å²) in [6, 6.07) is 32.1. The molecule has 2 aromatic heterocycles. The third kappa shape index (κ3) is 2.96. The summed E-state index contributed by atoms with van der Waals surface area (Å²) in [6.07, 6.45) is 0. The van der Waals surface area contributed by atoms with Crippen molar-refractivity contribution in [3.63, 3.8) is 0 Å². The van der Waals surface area contributed by atoms with Crippen LogP contribution in [0, 0.1) is 0 Å². The van der Waals surface area contributed by atoms with Gasteiger partial charge in [0.1, 0.15) is 5.75 Å². The van der Waals surface area contributed by atoms with Crippen LogP contribution in [0.4, 0.5) is 0 Å². The molecule has 0 unspecified atom stereocenters. The molecule has 0 fully saturated rings. The molecule has 2 heterocycles. The summed E-state index contributed by atoms with van der Waals surface area (Å²) in [5, 5.41) is 16.5. The Morgan fingerprint density at radius 1 is 0.629 bits per heavy atom. The zero-order chi connectivity index (χ0) is 23.7. The summed E-state index contributed by atoms with van der Waals surface area (Å²) in [7, 11) is 0. The van der Waals surface area contributed by atoms with Crippen molar-refractivity contribution in [2.75, 3.05) is 0 Å². The number of hydrogen-bond donors (Lipinski definition) is 1. The van der Waals surface area contributed by atoms with Gasteiger partial charge in [-0.2, -0.15) is 0 Å². The van der Waals surface area contributed by atoms with E-state index in [0.29, 0.717) is 5.02 Å². The first-order valence-electron chi connectivity index (χ1n) is 11.2. The second-order valence-electron chi connectivity index (χ2n) is 8.56. The lowest BCUT2D eigenvalue weighted by atomic mass is 9.99. The van der Waals surface area contributed by atoms with Gasteiger partial charge < -0.3 is 9.67 Å². The van der Waals surface area contributed by atoms with Gasteiger partial charge in [-0.05, 0) is 42.5 Å². The van der Waals surface area contributed by atoms with Gasteiger partial charge in [-0.25, -0.2) is 0 Å². The quantitative estimate of drug-likeness (QED) is 0.246. The highest BCUT2D eigenvalue weighted by molar-refractivity contribution is 7.26. The summed E-state index contributed by atoms with van der Waals surface area (Å²) < 4.78 is 4.48. The molecule has 0 spiro atoms. The van der Waals surface area contributed by atoms with Crippen LogP contribution in [0.25, 0.3) is 58.8 Å². The van der Waals surface area contributed by atoms with E-state index in [1.807, 2.05) is 60.7 Å². The molecular weight excluding hydrogens is 493 g/mol. The van der Waals surface area contributed by atoms with Crippen LogP contribution in [0.2, 0.25) is 10.0 Å². The topological polar surface area (TPSA) is 25.2 Å². The van der Waals surface area contributed by atoms with Crippen LogP contribution in [-0.2, 0) is 0 Å². The average molecular weight is 510 g/mol. The molecule has 0 aliphatic carbocycles. The second kappa shape index (κ2) is 7.76. The Hall–Kier alpha value is -3.50. The SMILES string of the molecule is Oc1ccc(-c2ccc(Cl)c3c2sc2ccccc23)c2c1c1ccccc1n2-c1ccccc1Cl. The van der Waals surface area contributed by atoms with Crippen molar-refractivity contribution in [2.24, 2.45) is 0 Å². The van der Waals surface area contributed by atoms with Crippen molar-refractivity contribution in [3.05, 3.63) is 107 Å². The molecule has 0 aliphatic rings. The van der Waals surface area contributed by atoms with E-state index in [-0.39, 0.29) is 5.75 Å². The third-order valence-corrected chi connectivity index (χ3v) is 8.49. The van der Waals surface area contributed by atoms with Gasteiger partial charge in [0, 0.05) is 41.7 Å². The van der Waals surface area contributed by atoms with Crippen LogP contribution in [0.15, 0.2) is 97.1 Å². The van der Waals surface area contributed by atoms with Crippen LogP contribution < -0.4 is 0 Å². The summed E-state index contributed by atoms with van der Waals surface area (Å²) in [6.45, 7) is 0. The standard InChI is InChI=1S/C30H17Cl2NOS/c31-21-9-3-5-11-24(21)33-23-10-4-1-7-19(23)28-25(34)16-14-17(29(28)33)18-13-15-22(32)27-20-8-2-6-12-26(20)35-30(18)27/h1-16,34H. The Kier molecular flexibility index (Phi) is 4.62. The summed E-state index contributed by atoms with van der Waals surface area (Å²) in [4.78, 5) is 0. The van der Waals surface area contributed by atoms with Crippen molar-refractivity contribution >= 4 is 76.5 Å². The highest BCUT2D eigenvalue weighted by Crippen LogP contribution is 2.48. The van der Waals surface area contributed by atoms with Gasteiger partial charge in [-0.15, -0.1) is 11.3 Å². The highest BCUT2D eigenvalue weighted by atomic mass is 35.5. The molecule has 0 aliphatic heterocycles. The third-order valence-electron chi connectivity index (χ3n) is 6.65. The van der Waals surface area contributed by atoms with E-state index in [1.165, 1.54) is 4.70 Å². The molecule has 168 valence electrons. The predicted octanol–water partition coefficient (Wildman–Crippen LogP) is 9.83. The lowest BCUT2D eigenvalue weighted by Crippen LogP contribution is -1.96. The van der Waals surface area contributed by atoms with E-state index in [1.54, 1.807) is 17.4 Å². The fraction of sp³-hybridized carbons (Fsp3) is 0. The Bertz CT molecular complexity index is 1950. The summed E-state index contributed by atoms with van der Waals surface area (Å²) in [5.41, 5.74) is 4.86. The number of hydrogen-bond acceptors (Lipinski definition) is 2. The van der Waals surface area contributed by atoms with Crippen LogP contribution >= 0.6 is 34.5 Å². The molecule has 7 aromatic rings. The van der Waals surface area contributed by atoms with Gasteiger partial charge in [0.25, 0.3) is 0 Å². The van der Waals surface area contributed by atoms with E-state index < -0.39 is 0 Å². The largest absolute Gasteiger partial charge is 0.507 e.